The van der Waals surface area contributed by atoms with Gasteiger partial charge in [-0.1, -0.05) is 42.8 Å². The minimum atomic E-state index is -4.33. The Morgan fingerprint density at radius 2 is 1.74 bits per heavy atom. The molecule has 1 aromatic rings. The molecule has 0 atom stereocenters. The molecule has 1 rings (SSSR count). The van der Waals surface area contributed by atoms with E-state index in [0.717, 1.165) is 0 Å². The molecule has 0 spiro atoms. The molecule has 108 valence electrons. The van der Waals surface area contributed by atoms with Crippen LogP contribution in [0.3, 0.4) is 0 Å². The molecule has 0 aromatic heterocycles. The minimum absolute atomic E-state index is 0.0638. The van der Waals surface area contributed by atoms with Gasteiger partial charge in [0.1, 0.15) is 0 Å². The molecule has 0 heterocycles. The molecule has 0 radical (unpaired) electrons. The van der Waals surface area contributed by atoms with Gasteiger partial charge in [0.25, 0.3) is 0 Å². The van der Waals surface area contributed by atoms with Gasteiger partial charge in [0.15, 0.2) is 0 Å². The first-order valence-corrected chi connectivity index (χ1v) is 7.14. The molecule has 0 aliphatic carbocycles. The van der Waals surface area contributed by atoms with E-state index in [-0.39, 0.29) is 11.1 Å². The summed E-state index contributed by atoms with van der Waals surface area (Å²) in [6.07, 6.45) is -4.33. The zero-order valence-electron chi connectivity index (χ0n) is 11.6. The third kappa shape index (κ3) is 4.71. The summed E-state index contributed by atoms with van der Waals surface area (Å²) in [6, 6.07) is 4.48. The number of alkyl halides is 4. The average Bonchev–Trinajstić information content (AvgIpc) is 2.24. The van der Waals surface area contributed by atoms with Crippen molar-refractivity contribution in [1.29, 1.82) is 0 Å². The molecule has 0 aliphatic rings. The summed E-state index contributed by atoms with van der Waals surface area (Å²) in [7, 11) is 1.70. The summed E-state index contributed by atoms with van der Waals surface area (Å²) in [5.41, 5.74) is 0.217. The number of anilines is 1. The molecule has 0 aliphatic heterocycles. The second-order valence-corrected chi connectivity index (χ2v) is 6.46. The van der Waals surface area contributed by atoms with E-state index in [9.17, 15) is 13.2 Å². The van der Waals surface area contributed by atoms with Gasteiger partial charge in [-0.05, 0) is 23.1 Å². The Kier molecular flexibility index (Phi) is 4.93. The Morgan fingerprint density at radius 3 is 2.16 bits per heavy atom. The number of rotatable bonds is 3. The topological polar surface area (TPSA) is 3.24 Å². The van der Waals surface area contributed by atoms with Crippen LogP contribution < -0.4 is 4.90 Å². The molecule has 0 bridgehead atoms. The molecule has 0 saturated carbocycles. The van der Waals surface area contributed by atoms with Crippen molar-refractivity contribution in [3.8, 4) is 0 Å². The van der Waals surface area contributed by atoms with E-state index in [1.54, 1.807) is 24.1 Å². The van der Waals surface area contributed by atoms with Crippen molar-refractivity contribution in [2.45, 2.75) is 32.3 Å². The van der Waals surface area contributed by atoms with E-state index < -0.39 is 11.7 Å². The zero-order chi connectivity index (χ0) is 14.8. The predicted octanol–water partition coefficient (Wildman–Crippen LogP) is 5.08. The van der Waals surface area contributed by atoms with E-state index in [1.165, 1.54) is 6.07 Å². The molecule has 5 heteroatoms. The van der Waals surface area contributed by atoms with Crippen LogP contribution in [0.2, 0.25) is 0 Å². The maximum Gasteiger partial charge on any atom is 0.418 e. The van der Waals surface area contributed by atoms with Crippen LogP contribution >= 0.6 is 15.9 Å². The van der Waals surface area contributed by atoms with E-state index >= 15 is 0 Å². The minimum Gasteiger partial charge on any atom is -0.374 e. The van der Waals surface area contributed by atoms with Crippen LogP contribution in [0.5, 0.6) is 0 Å². The highest BCUT2D eigenvalue weighted by molar-refractivity contribution is 9.08. The standard InChI is InChI=1S/C14H19BrF3N/c1-13(2,3)9-19(4)12-6-5-10(8-15)7-11(12)14(16,17)18/h5-7H,8-9H2,1-4H3. The van der Waals surface area contributed by atoms with E-state index in [1.807, 2.05) is 20.8 Å². The van der Waals surface area contributed by atoms with Crippen molar-refractivity contribution >= 4 is 21.6 Å². The highest BCUT2D eigenvalue weighted by Crippen LogP contribution is 2.38. The van der Waals surface area contributed by atoms with Gasteiger partial charge in [-0.25, -0.2) is 0 Å². The third-order valence-electron chi connectivity index (χ3n) is 2.64. The lowest BCUT2D eigenvalue weighted by Crippen LogP contribution is -2.30. The van der Waals surface area contributed by atoms with Gasteiger partial charge >= 0.3 is 6.18 Å². The molecule has 0 saturated heterocycles. The maximum absolute atomic E-state index is 13.1. The Hall–Kier alpha value is -0.710. The zero-order valence-corrected chi connectivity index (χ0v) is 13.2. The van der Waals surface area contributed by atoms with Crippen LogP contribution in [-0.4, -0.2) is 13.6 Å². The predicted molar refractivity (Wildman–Crippen MR) is 76.8 cm³/mol. The summed E-state index contributed by atoms with van der Waals surface area (Å²) in [4.78, 5) is 1.67. The molecule has 0 unspecified atom stereocenters. The molecular formula is C14H19BrF3N. The van der Waals surface area contributed by atoms with Crippen LogP contribution in [0, 0.1) is 5.41 Å². The molecular weight excluding hydrogens is 319 g/mol. The van der Waals surface area contributed by atoms with Gasteiger partial charge in [-0.2, -0.15) is 13.2 Å². The van der Waals surface area contributed by atoms with E-state index in [0.29, 0.717) is 17.4 Å². The molecule has 0 fully saturated rings. The number of nitrogens with zero attached hydrogens (tertiary/aromatic N) is 1. The Bertz CT molecular complexity index is 435. The number of hydrogen-bond acceptors (Lipinski definition) is 1. The Balaban J connectivity index is 3.20. The largest absolute Gasteiger partial charge is 0.418 e. The summed E-state index contributed by atoms with van der Waals surface area (Å²) in [6.45, 7) is 6.57. The third-order valence-corrected chi connectivity index (χ3v) is 3.29. The molecule has 1 nitrogen and oxygen atoms in total. The van der Waals surface area contributed by atoms with Crippen LogP contribution in [-0.2, 0) is 11.5 Å². The van der Waals surface area contributed by atoms with Crippen molar-refractivity contribution in [2.24, 2.45) is 5.41 Å². The number of halogens is 4. The fourth-order valence-electron chi connectivity index (χ4n) is 2.02. The second-order valence-electron chi connectivity index (χ2n) is 5.90. The lowest BCUT2D eigenvalue weighted by Gasteiger charge is -2.30. The number of benzene rings is 1. The molecule has 19 heavy (non-hydrogen) atoms. The van der Waals surface area contributed by atoms with Crippen LogP contribution in [0.25, 0.3) is 0 Å². The van der Waals surface area contributed by atoms with Crippen molar-refractivity contribution in [3.05, 3.63) is 29.3 Å². The molecule has 0 amide bonds. The Morgan fingerprint density at radius 1 is 1.16 bits per heavy atom. The first-order valence-electron chi connectivity index (χ1n) is 6.02. The summed E-state index contributed by atoms with van der Waals surface area (Å²) >= 11 is 3.19. The van der Waals surface area contributed by atoms with Gasteiger partial charge in [0.05, 0.1) is 5.56 Å². The second kappa shape index (κ2) is 5.73. The van der Waals surface area contributed by atoms with Gasteiger partial charge in [0.2, 0.25) is 0 Å². The monoisotopic (exact) mass is 337 g/mol. The quantitative estimate of drug-likeness (QED) is 0.695. The summed E-state index contributed by atoms with van der Waals surface area (Å²) in [5.74, 6) is 0. The highest BCUT2D eigenvalue weighted by Gasteiger charge is 2.35. The highest BCUT2D eigenvalue weighted by atomic mass is 79.9. The van der Waals surface area contributed by atoms with Gasteiger partial charge in [-0.3, -0.25) is 0 Å². The van der Waals surface area contributed by atoms with Crippen molar-refractivity contribution in [1.82, 2.24) is 0 Å². The lowest BCUT2D eigenvalue weighted by molar-refractivity contribution is -0.137. The maximum atomic E-state index is 13.1. The van der Waals surface area contributed by atoms with E-state index in [2.05, 4.69) is 15.9 Å². The average molecular weight is 338 g/mol. The van der Waals surface area contributed by atoms with Gasteiger partial charge < -0.3 is 4.90 Å². The van der Waals surface area contributed by atoms with Crippen LogP contribution in [0.1, 0.15) is 31.9 Å². The fraction of sp³-hybridized carbons (Fsp3) is 0.571. The Labute approximate surface area is 120 Å². The lowest BCUT2D eigenvalue weighted by atomic mass is 9.95. The SMILES string of the molecule is CN(CC(C)(C)C)c1ccc(CBr)cc1C(F)(F)F. The van der Waals surface area contributed by atoms with Crippen molar-refractivity contribution in [3.63, 3.8) is 0 Å². The van der Waals surface area contributed by atoms with Gasteiger partial charge in [-0.15, -0.1) is 0 Å². The van der Waals surface area contributed by atoms with E-state index in [4.69, 9.17) is 0 Å². The van der Waals surface area contributed by atoms with Crippen molar-refractivity contribution in [2.75, 3.05) is 18.5 Å². The normalized spacial score (nSPS) is 12.6. The summed E-state index contributed by atoms with van der Waals surface area (Å²) < 4.78 is 39.3. The molecule has 0 N–H and O–H groups in total. The smallest absolute Gasteiger partial charge is 0.374 e. The van der Waals surface area contributed by atoms with Crippen molar-refractivity contribution < 1.29 is 13.2 Å². The van der Waals surface area contributed by atoms with Crippen LogP contribution in [0.15, 0.2) is 18.2 Å². The first kappa shape index (κ1) is 16.3. The van der Waals surface area contributed by atoms with Gasteiger partial charge in [0, 0.05) is 24.6 Å². The fourth-order valence-corrected chi connectivity index (χ4v) is 2.37. The van der Waals surface area contributed by atoms with Crippen LogP contribution in [0.4, 0.5) is 18.9 Å². The molecule has 1 aromatic carbocycles. The summed E-state index contributed by atoms with van der Waals surface area (Å²) in [5, 5.41) is 0.416. The first-order chi connectivity index (χ1) is 8.54. The number of hydrogen-bond donors (Lipinski definition) is 0.